The van der Waals surface area contributed by atoms with Gasteiger partial charge >= 0.3 is 0 Å². The SMILES string of the molecule is CC(C(=O)NC1CCCCC1)S(=O)c1ccc(N)cc1Br. The van der Waals surface area contributed by atoms with Crippen LogP contribution >= 0.6 is 15.9 Å². The van der Waals surface area contributed by atoms with Crippen LogP contribution in [0, 0.1) is 0 Å². The Kier molecular flexibility index (Phi) is 5.81. The molecule has 6 heteroatoms. The molecular weight excluding hydrogens is 352 g/mol. The van der Waals surface area contributed by atoms with E-state index in [-0.39, 0.29) is 11.9 Å². The number of nitrogen functional groups attached to an aromatic ring is 1. The van der Waals surface area contributed by atoms with E-state index in [1.165, 1.54) is 6.42 Å². The van der Waals surface area contributed by atoms with Crippen LogP contribution in [-0.4, -0.2) is 21.4 Å². The van der Waals surface area contributed by atoms with Crippen molar-refractivity contribution in [3.63, 3.8) is 0 Å². The van der Waals surface area contributed by atoms with E-state index < -0.39 is 16.0 Å². The number of anilines is 1. The minimum absolute atomic E-state index is 0.135. The first-order chi connectivity index (χ1) is 9.99. The van der Waals surface area contributed by atoms with Crippen LogP contribution in [0.15, 0.2) is 27.6 Å². The van der Waals surface area contributed by atoms with Crippen molar-refractivity contribution in [3.8, 4) is 0 Å². The van der Waals surface area contributed by atoms with Crippen molar-refractivity contribution in [1.29, 1.82) is 0 Å². The predicted octanol–water partition coefficient (Wildman–Crippen LogP) is 2.98. The van der Waals surface area contributed by atoms with Gasteiger partial charge in [0.2, 0.25) is 5.91 Å². The molecule has 0 radical (unpaired) electrons. The average molecular weight is 373 g/mol. The maximum absolute atomic E-state index is 12.5. The van der Waals surface area contributed by atoms with Gasteiger partial charge in [0, 0.05) is 16.2 Å². The van der Waals surface area contributed by atoms with E-state index in [9.17, 15) is 9.00 Å². The summed E-state index contributed by atoms with van der Waals surface area (Å²) in [5.74, 6) is -0.135. The summed E-state index contributed by atoms with van der Waals surface area (Å²) in [4.78, 5) is 12.9. The van der Waals surface area contributed by atoms with E-state index in [0.29, 0.717) is 15.1 Å². The number of benzene rings is 1. The lowest BCUT2D eigenvalue weighted by Gasteiger charge is -2.24. The molecule has 1 fully saturated rings. The van der Waals surface area contributed by atoms with Crippen LogP contribution < -0.4 is 11.1 Å². The first-order valence-corrected chi connectivity index (χ1v) is 9.25. The summed E-state index contributed by atoms with van der Waals surface area (Å²) in [6, 6.07) is 5.35. The van der Waals surface area contributed by atoms with Gasteiger partial charge in [0.1, 0.15) is 5.25 Å². The molecule has 0 aliphatic heterocycles. The number of hydrogen-bond acceptors (Lipinski definition) is 3. The van der Waals surface area contributed by atoms with Crippen molar-refractivity contribution in [2.75, 3.05) is 5.73 Å². The fraction of sp³-hybridized carbons (Fsp3) is 0.533. The van der Waals surface area contributed by atoms with Crippen molar-refractivity contribution in [2.45, 2.75) is 55.2 Å². The quantitative estimate of drug-likeness (QED) is 0.797. The second kappa shape index (κ2) is 7.40. The zero-order chi connectivity index (χ0) is 15.4. The number of nitrogens with two attached hydrogens (primary N) is 1. The molecule has 2 unspecified atom stereocenters. The van der Waals surface area contributed by atoms with Crippen LogP contribution in [-0.2, 0) is 15.6 Å². The predicted molar refractivity (Wildman–Crippen MR) is 89.4 cm³/mol. The van der Waals surface area contributed by atoms with Crippen molar-refractivity contribution < 1.29 is 9.00 Å². The lowest BCUT2D eigenvalue weighted by molar-refractivity contribution is -0.121. The topological polar surface area (TPSA) is 72.2 Å². The maximum Gasteiger partial charge on any atom is 0.236 e. The van der Waals surface area contributed by atoms with Crippen LogP contribution in [0.25, 0.3) is 0 Å². The van der Waals surface area contributed by atoms with Crippen LogP contribution in [0.1, 0.15) is 39.0 Å². The van der Waals surface area contributed by atoms with Gasteiger partial charge in [0.25, 0.3) is 0 Å². The van der Waals surface area contributed by atoms with E-state index in [4.69, 9.17) is 5.73 Å². The number of carbonyl (C=O) groups is 1. The van der Waals surface area contributed by atoms with Gasteiger partial charge in [-0.1, -0.05) is 19.3 Å². The van der Waals surface area contributed by atoms with Crippen molar-refractivity contribution in [1.82, 2.24) is 5.32 Å². The third-order valence-corrected chi connectivity index (χ3v) is 6.38. The summed E-state index contributed by atoms with van der Waals surface area (Å²) < 4.78 is 13.2. The second-order valence-corrected chi connectivity index (χ2v) is 8.07. The largest absolute Gasteiger partial charge is 0.399 e. The molecule has 1 saturated carbocycles. The summed E-state index contributed by atoms with van der Waals surface area (Å²) in [7, 11) is -1.40. The van der Waals surface area contributed by atoms with Gasteiger partial charge in [-0.25, -0.2) is 0 Å². The van der Waals surface area contributed by atoms with E-state index in [2.05, 4.69) is 21.2 Å². The summed E-state index contributed by atoms with van der Waals surface area (Å²) in [5.41, 5.74) is 6.28. The van der Waals surface area contributed by atoms with E-state index in [1.807, 2.05) is 0 Å². The lowest BCUT2D eigenvalue weighted by Crippen LogP contribution is -2.42. The normalized spacial score (nSPS) is 19.0. The molecular formula is C15H21BrN2O2S. The zero-order valence-corrected chi connectivity index (χ0v) is 14.5. The highest BCUT2D eigenvalue weighted by Gasteiger charge is 2.25. The molecule has 21 heavy (non-hydrogen) atoms. The molecule has 4 nitrogen and oxygen atoms in total. The highest BCUT2D eigenvalue weighted by molar-refractivity contribution is 9.10. The van der Waals surface area contributed by atoms with Gasteiger partial charge in [-0.3, -0.25) is 9.00 Å². The number of carbonyl (C=O) groups excluding carboxylic acids is 1. The number of nitrogens with one attached hydrogen (secondary N) is 1. The highest BCUT2D eigenvalue weighted by atomic mass is 79.9. The number of halogens is 1. The molecule has 0 heterocycles. The molecule has 0 aromatic heterocycles. The number of rotatable bonds is 4. The third kappa shape index (κ3) is 4.30. The van der Waals surface area contributed by atoms with Gasteiger partial charge in [0.05, 0.1) is 15.7 Å². The molecule has 1 aliphatic rings. The fourth-order valence-corrected chi connectivity index (χ4v) is 4.51. The molecule has 116 valence electrons. The van der Waals surface area contributed by atoms with Crippen molar-refractivity contribution in [2.24, 2.45) is 0 Å². The molecule has 1 aliphatic carbocycles. The Balaban J connectivity index is 2.02. The molecule has 0 bridgehead atoms. The minimum atomic E-state index is -1.40. The molecule has 2 atom stereocenters. The Hall–Kier alpha value is -0.880. The molecule has 1 aromatic rings. The monoisotopic (exact) mass is 372 g/mol. The van der Waals surface area contributed by atoms with Crippen molar-refractivity contribution in [3.05, 3.63) is 22.7 Å². The molecule has 1 amide bonds. The number of amides is 1. The van der Waals surface area contributed by atoms with Gasteiger partial charge in [-0.15, -0.1) is 0 Å². The Morgan fingerprint density at radius 2 is 2.05 bits per heavy atom. The third-order valence-electron chi connectivity index (χ3n) is 3.81. The summed E-state index contributed by atoms with van der Waals surface area (Å²) in [6.45, 7) is 1.71. The van der Waals surface area contributed by atoms with Crippen molar-refractivity contribution >= 4 is 38.3 Å². The molecule has 0 spiro atoms. The van der Waals surface area contributed by atoms with Crippen LogP contribution in [0.3, 0.4) is 0 Å². The first kappa shape index (κ1) is 16.5. The minimum Gasteiger partial charge on any atom is -0.399 e. The zero-order valence-electron chi connectivity index (χ0n) is 12.1. The standard InChI is InChI=1S/C15H21BrN2O2S/c1-10(15(19)18-12-5-3-2-4-6-12)21(20)14-8-7-11(17)9-13(14)16/h7-10,12H,2-6,17H2,1H3,(H,18,19). The van der Waals surface area contributed by atoms with E-state index in [1.54, 1.807) is 25.1 Å². The van der Waals surface area contributed by atoms with Crippen LogP contribution in [0.2, 0.25) is 0 Å². The van der Waals surface area contributed by atoms with Crippen LogP contribution in [0.4, 0.5) is 5.69 Å². The molecule has 3 N–H and O–H groups in total. The smallest absolute Gasteiger partial charge is 0.236 e. The first-order valence-electron chi connectivity index (χ1n) is 7.25. The molecule has 0 saturated heterocycles. The van der Waals surface area contributed by atoms with Gasteiger partial charge < -0.3 is 11.1 Å². The van der Waals surface area contributed by atoms with E-state index >= 15 is 0 Å². The average Bonchev–Trinajstić information content (AvgIpc) is 2.47. The molecule has 1 aromatic carbocycles. The Morgan fingerprint density at radius 3 is 2.67 bits per heavy atom. The summed E-state index contributed by atoms with van der Waals surface area (Å²) >= 11 is 3.36. The highest BCUT2D eigenvalue weighted by Crippen LogP contribution is 2.25. The maximum atomic E-state index is 12.5. The van der Waals surface area contributed by atoms with Gasteiger partial charge in [0.15, 0.2) is 0 Å². The van der Waals surface area contributed by atoms with E-state index in [0.717, 1.165) is 25.7 Å². The second-order valence-electron chi connectivity index (χ2n) is 5.47. The summed E-state index contributed by atoms with van der Waals surface area (Å²) in [5, 5.41) is 2.45. The lowest BCUT2D eigenvalue weighted by atomic mass is 9.95. The Morgan fingerprint density at radius 1 is 1.38 bits per heavy atom. The summed E-state index contributed by atoms with van der Waals surface area (Å²) in [6.07, 6.45) is 5.61. The Labute approximate surface area is 136 Å². The van der Waals surface area contributed by atoms with Crippen LogP contribution in [0.5, 0.6) is 0 Å². The number of hydrogen-bond donors (Lipinski definition) is 2. The molecule has 2 rings (SSSR count). The van der Waals surface area contributed by atoms with Gasteiger partial charge in [-0.2, -0.15) is 0 Å². The fourth-order valence-electron chi connectivity index (χ4n) is 2.53. The Bertz CT molecular complexity index is 544. The van der Waals surface area contributed by atoms with Gasteiger partial charge in [-0.05, 0) is 53.9 Å².